The molecule has 1 N–H and O–H groups in total. The molecule has 3 rings (SSSR count). The number of hydrogen-bond acceptors (Lipinski definition) is 4. The molecule has 1 amide bonds. The molecule has 29 heavy (non-hydrogen) atoms. The smallest absolute Gasteiger partial charge is 0.254 e. The maximum atomic E-state index is 13.5. The Hall–Kier alpha value is -1.37. The summed E-state index contributed by atoms with van der Waals surface area (Å²) in [6.07, 6.45) is 2.15. The number of nitrogens with one attached hydrogen (secondary N) is 1. The maximum absolute atomic E-state index is 13.5. The SMILES string of the molecule is CNC1CCCN(C(=O)c2cc(C(C)C)nc3c2c(C)nn3C(C)(C)C)C1.Cl.Cl. The third-order valence-electron chi connectivity index (χ3n) is 5.41. The van der Waals surface area contributed by atoms with Crippen molar-refractivity contribution in [3.8, 4) is 0 Å². The summed E-state index contributed by atoms with van der Waals surface area (Å²) >= 11 is 0. The zero-order chi connectivity index (χ0) is 19.9. The van der Waals surface area contributed by atoms with E-state index in [1.807, 2.05) is 29.6 Å². The van der Waals surface area contributed by atoms with E-state index in [9.17, 15) is 4.79 Å². The number of piperidine rings is 1. The number of likely N-dealkylation sites (N-methyl/N-ethyl adjacent to an activating group) is 1. The Morgan fingerprint density at radius 3 is 2.48 bits per heavy atom. The fourth-order valence-electron chi connectivity index (χ4n) is 3.81. The van der Waals surface area contributed by atoms with E-state index in [0.717, 1.165) is 53.9 Å². The number of aromatic nitrogens is 3. The number of rotatable bonds is 3. The molecule has 1 unspecified atom stereocenters. The molecule has 0 aromatic carbocycles. The minimum absolute atomic E-state index is 0. The summed E-state index contributed by atoms with van der Waals surface area (Å²) in [4.78, 5) is 20.4. The number of nitrogens with zero attached hydrogens (tertiary/aromatic N) is 4. The van der Waals surface area contributed by atoms with E-state index in [0.29, 0.717) is 6.04 Å². The first-order valence-corrected chi connectivity index (χ1v) is 10.0. The average Bonchev–Trinajstić information content (AvgIpc) is 2.97. The number of hydrogen-bond donors (Lipinski definition) is 1. The van der Waals surface area contributed by atoms with Crippen LogP contribution in [0.3, 0.4) is 0 Å². The van der Waals surface area contributed by atoms with E-state index < -0.39 is 0 Å². The van der Waals surface area contributed by atoms with Crippen LogP contribution >= 0.6 is 24.8 Å². The number of amides is 1. The molecule has 0 bridgehead atoms. The van der Waals surface area contributed by atoms with Gasteiger partial charge in [0.15, 0.2) is 5.65 Å². The molecule has 1 saturated heterocycles. The van der Waals surface area contributed by atoms with Gasteiger partial charge in [-0.05, 0) is 59.6 Å². The predicted molar refractivity (Wildman–Crippen MR) is 124 cm³/mol. The number of fused-ring (bicyclic) bond motifs is 1. The number of halogens is 2. The Morgan fingerprint density at radius 1 is 1.28 bits per heavy atom. The predicted octanol–water partition coefficient (Wildman–Crippen LogP) is 4.29. The van der Waals surface area contributed by atoms with Gasteiger partial charge < -0.3 is 10.2 Å². The molecule has 1 atom stereocenters. The minimum Gasteiger partial charge on any atom is -0.337 e. The monoisotopic (exact) mass is 443 g/mol. The lowest BCUT2D eigenvalue weighted by Crippen LogP contribution is -2.47. The lowest BCUT2D eigenvalue weighted by molar-refractivity contribution is 0.0700. The van der Waals surface area contributed by atoms with Gasteiger partial charge in [0.05, 0.1) is 22.2 Å². The van der Waals surface area contributed by atoms with E-state index in [-0.39, 0.29) is 42.2 Å². The molecule has 0 radical (unpaired) electrons. The van der Waals surface area contributed by atoms with Gasteiger partial charge in [0.2, 0.25) is 0 Å². The van der Waals surface area contributed by atoms with Crippen molar-refractivity contribution >= 4 is 41.8 Å². The molecule has 6 nitrogen and oxygen atoms in total. The van der Waals surface area contributed by atoms with Crippen LogP contribution < -0.4 is 5.32 Å². The maximum Gasteiger partial charge on any atom is 0.254 e. The minimum atomic E-state index is -0.197. The second kappa shape index (κ2) is 9.63. The molecule has 2 aromatic rings. The van der Waals surface area contributed by atoms with Gasteiger partial charge in [0, 0.05) is 24.8 Å². The van der Waals surface area contributed by atoms with E-state index >= 15 is 0 Å². The standard InChI is InChI=1S/C21H33N5O.2ClH/c1-13(2)17-11-16(20(27)25-10-8-9-15(12-25)22-7)18-14(3)24-26(19(18)23-17)21(4,5)6;;/h11,13,15,22H,8-10,12H2,1-7H3;2*1H. The summed E-state index contributed by atoms with van der Waals surface area (Å²) in [7, 11) is 1.97. The molecule has 2 aromatic heterocycles. The number of carbonyl (C=O) groups excluding carboxylic acids is 1. The van der Waals surface area contributed by atoms with Crippen molar-refractivity contribution in [2.45, 2.75) is 71.9 Å². The fourth-order valence-corrected chi connectivity index (χ4v) is 3.81. The third-order valence-corrected chi connectivity index (χ3v) is 5.41. The Kier molecular flexibility index (Phi) is 8.52. The summed E-state index contributed by atoms with van der Waals surface area (Å²) in [6, 6.07) is 2.35. The van der Waals surface area contributed by atoms with Crippen molar-refractivity contribution in [3.63, 3.8) is 0 Å². The van der Waals surface area contributed by atoms with E-state index in [4.69, 9.17) is 10.1 Å². The molecular weight excluding hydrogens is 409 g/mol. The van der Waals surface area contributed by atoms with Crippen molar-refractivity contribution in [2.75, 3.05) is 20.1 Å². The number of likely N-dealkylation sites (tertiary alicyclic amines) is 1. The van der Waals surface area contributed by atoms with Crippen LogP contribution in [0.5, 0.6) is 0 Å². The zero-order valence-electron chi connectivity index (χ0n) is 18.6. The van der Waals surface area contributed by atoms with Crippen LogP contribution in [0, 0.1) is 6.92 Å². The molecular formula is C21H35Cl2N5O. The molecule has 1 aliphatic heterocycles. The van der Waals surface area contributed by atoms with E-state index in [1.54, 1.807) is 0 Å². The van der Waals surface area contributed by atoms with Crippen molar-refractivity contribution in [3.05, 3.63) is 23.0 Å². The lowest BCUT2D eigenvalue weighted by Gasteiger charge is -2.33. The Balaban J connectivity index is 0.00000210. The highest BCUT2D eigenvalue weighted by molar-refractivity contribution is 6.06. The molecule has 0 spiro atoms. The Bertz CT molecular complexity index is 857. The number of carbonyl (C=O) groups is 1. The third kappa shape index (κ3) is 5.04. The first-order chi connectivity index (χ1) is 12.6. The summed E-state index contributed by atoms with van der Waals surface area (Å²) in [5.41, 5.74) is 3.18. The van der Waals surface area contributed by atoms with Crippen LogP contribution in [0.25, 0.3) is 11.0 Å². The van der Waals surface area contributed by atoms with Crippen LogP contribution in [0.2, 0.25) is 0 Å². The topological polar surface area (TPSA) is 63.1 Å². The molecule has 3 heterocycles. The van der Waals surface area contributed by atoms with Gasteiger partial charge in [-0.15, -0.1) is 24.8 Å². The number of aryl methyl sites for hydroxylation is 1. The van der Waals surface area contributed by atoms with Crippen LogP contribution in [0.1, 0.15) is 75.1 Å². The van der Waals surface area contributed by atoms with Crippen LogP contribution in [-0.2, 0) is 5.54 Å². The normalized spacial score (nSPS) is 17.2. The fraction of sp³-hybridized carbons (Fsp3) is 0.667. The highest BCUT2D eigenvalue weighted by Gasteiger charge is 2.29. The van der Waals surface area contributed by atoms with Crippen molar-refractivity contribution < 1.29 is 4.79 Å². The summed E-state index contributed by atoms with van der Waals surface area (Å²) < 4.78 is 1.97. The molecule has 0 aliphatic carbocycles. The Labute approximate surface area is 186 Å². The van der Waals surface area contributed by atoms with Gasteiger partial charge in [-0.3, -0.25) is 4.79 Å². The highest BCUT2D eigenvalue weighted by atomic mass is 35.5. The van der Waals surface area contributed by atoms with Gasteiger partial charge in [-0.1, -0.05) is 13.8 Å². The van der Waals surface area contributed by atoms with E-state index in [2.05, 4.69) is 39.9 Å². The van der Waals surface area contributed by atoms with E-state index in [1.165, 1.54) is 0 Å². The first kappa shape index (κ1) is 25.7. The van der Waals surface area contributed by atoms with Gasteiger partial charge in [-0.2, -0.15) is 5.10 Å². The molecule has 1 fully saturated rings. The first-order valence-electron chi connectivity index (χ1n) is 10.0. The molecule has 1 aliphatic rings. The lowest BCUT2D eigenvalue weighted by atomic mass is 10.0. The zero-order valence-corrected chi connectivity index (χ0v) is 20.2. The summed E-state index contributed by atoms with van der Waals surface area (Å²) in [5.74, 6) is 0.344. The van der Waals surface area contributed by atoms with Crippen LogP contribution in [-0.4, -0.2) is 51.8 Å². The molecule has 164 valence electrons. The molecule has 0 saturated carbocycles. The van der Waals surface area contributed by atoms with Crippen LogP contribution in [0.15, 0.2) is 6.07 Å². The van der Waals surface area contributed by atoms with Crippen molar-refractivity contribution in [1.82, 2.24) is 25.0 Å². The van der Waals surface area contributed by atoms with Gasteiger partial charge in [-0.25, -0.2) is 9.67 Å². The number of pyridine rings is 1. The van der Waals surface area contributed by atoms with Gasteiger partial charge in [0.1, 0.15) is 0 Å². The second-order valence-corrected chi connectivity index (χ2v) is 9.00. The summed E-state index contributed by atoms with van der Waals surface area (Å²) in [6.45, 7) is 14.1. The second-order valence-electron chi connectivity index (χ2n) is 9.00. The van der Waals surface area contributed by atoms with Crippen LogP contribution in [0.4, 0.5) is 0 Å². The highest BCUT2D eigenvalue weighted by Crippen LogP contribution is 2.30. The molecule has 8 heteroatoms. The average molecular weight is 444 g/mol. The largest absolute Gasteiger partial charge is 0.337 e. The van der Waals surface area contributed by atoms with Gasteiger partial charge in [0.25, 0.3) is 5.91 Å². The van der Waals surface area contributed by atoms with Crippen molar-refractivity contribution in [2.24, 2.45) is 0 Å². The van der Waals surface area contributed by atoms with Crippen molar-refractivity contribution in [1.29, 1.82) is 0 Å². The quantitative estimate of drug-likeness (QED) is 0.768. The van der Waals surface area contributed by atoms with Gasteiger partial charge >= 0.3 is 0 Å². The Morgan fingerprint density at radius 2 is 1.93 bits per heavy atom. The summed E-state index contributed by atoms with van der Waals surface area (Å²) in [5, 5.41) is 8.97.